The molecule has 7 heteroatoms. The number of nitrogens with zero attached hydrogens (tertiary/aromatic N) is 3. The van der Waals surface area contributed by atoms with Crippen molar-refractivity contribution >= 4 is 27.5 Å². The highest BCUT2D eigenvalue weighted by molar-refractivity contribution is 7.18. The van der Waals surface area contributed by atoms with Crippen LogP contribution in [0.25, 0.3) is 10.2 Å². The molecule has 0 bridgehead atoms. The second-order valence-corrected chi connectivity index (χ2v) is 9.59. The van der Waals surface area contributed by atoms with Gasteiger partial charge in [0.2, 0.25) is 5.91 Å². The summed E-state index contributed by atoms with van der Waals surface area (Å²) in [5.74, 6) is 1.13. The van der Waals surface area contributed by atoms with E-state index in [0.29, 0.717) is 13.1 Å². The molecule has 2 aromatic rings. The number of H-pyrrole nitrogens is 1. The topological polar surface area (TPSA) is 69.3 Å². The summed E-state index contributed by atoms with van der Waals surface area (Å²) in [6.45, 7) is 4.11. The Labute approximate surface area is 168 Å². The summed E-state index contributed by atoms with van der Waals surface area (Å²) in [7, 11) is 0. The van der Waals surface area contributed by atoms with Crippen LogP contribution in [0.3, 0.4) is 0 Å². The number of hydrogen-bond acceptors (Lipinski definition) is 5. The van der Waals surface area contributed by atoms with E-state index < -0.39 is 0 Å². The number of fused-ring (bicyclic) bond motifs is 3. The Morgan fingerprint density at radius 1 is 1.11 bits per heavy atom. The van der Waals surface area contributed by atoms with Crippen LogP contribution < -0.4 is 5.56 Å². The number of aryl methyl sites for hydroxylation is 2. The van der Waals surface area contributed by atoms with Crippen molar-refractivity contribution in [2.75, 3.05) is 32.7 Å². The first-order valence-corrected chi connectivity index (χ1v) is 11.6. The number of carbonyl (C=O) groups excluding carboxylic acids is 1. The first kappa shape index (κ1) is 18.3. The van der Waals surface area contributed by atoms with E-state index >= 15 is 0 Å². The summed E-state index contributed by atoms with van der Waals surface area (Å²) in [6.07, 6.45) is 8.80. The molecular formula is C21H28N4O2S. The molecule has 2 fully saturated rings. The number of rotatable bonds is 3. The van der Waals surface area contributed by atoms with Gasteiger partial charge in [-0.15, -0.1) is 11.3 Å². The molecule has 0 saturated carbocycles. The van der Waals surface area contributed by atoms with Gasteiger partial charge >= 0.3 is 0 Å². The highest BCUT2D eigenvalue weighted by atomic mass is 32.1. The van der Waals surface area contributed by atoms with Gasteiger partial charge in [-0.3, -0.25) is 14.5 Å². The maximum Gasteiger partial charge on any atom is 0.259 e. The third-order valence-corrected chi connectivity index (χ3v) is 7.75. The standard InChI is InChI=1S/C21H28N4O2S/c26-17(13-24-9-3-4-10-24)25-11-5-6-14(12-25)19-22-20(27)18-15-7-1-2-8-16(15)28-21(18)23-19/h14H,1-13H2,(H,22,23,27). The lowest BCUT2D eigenvalue weighted by Crippen LogP contribution is -2.44. The molecule has 1 amide bonds. The third kappa shape index (κ3) is 3.39. The number of hydrogen-bond donors (Lipinski definition) is 1. The highest BCUT2D eigenvalue weighted by Gasteiger charge is 2.29. The Hall–Kier alpha value is -1.73. The van der Waals surface area contributed by atoms with E-state index in [1.165, 1.54) is 29.7 Å². The number of piperidine rings is 1. The van der Waals surface area contributed by atoms with Crippen molar-refractivity contribution < 1.29 is 4.79 Å². The molecule has 2 aromatic heterocycles. The molecule has 150 valence electrons. The van der Waals surface area contributed by atoms with Crippen molar-refractivity contribution in [3.63, 3.8) is 0 Å². The Morgan fingerprint density at radius 3 is 2.79 bits per heavy atom. The second kappa shape index (κ2) is 7.59. The van der Waals surface area contributed by atoms with Crippen molar-refractivity contribution in [3.05, 3.63) is 26.6 Å². The van der Waals surface area contributed by atoms with Crippen LogP contribution in [0.15, 0.2) is 4.79 Å². The summed E-state index contributed by atoms with van der Waals surface area (Å²) in [6, 6.07) is 0. The van der Waals surface area contributed by atoms with Crippen molar-refractivity contribution in [3.8, 4) is 0 Å². The molecule has 3 aliphatic rings. The van der Waals surface area contributed by atoms with E-state index in [-0.39, 0.29) is 17.4 Å². The Kier molecular flexibility index (Phi) is 4.97. The van der Waals surface area contributed by atoms with Crippen LogP contribution in [0.1, 0.15) is 60.7 Å². The molecule has 0 spiro atoms. The van der Waals surface area contributed by atoms with E-state index in [4.69, 9.17) is 4.98 Å². The molecular weight excluding hydrogens is 372 g/mol. The maximum atomic E-state index is 12.8. The number of aromatic nitrogens is 2. The average molecular weight is 401 g/mol. The number of carbonyl (C=O) groups is 1. The molecule has 2 aliphatic heterocycles. The van der Waals surface area contributed by atoms with Gasteiger partial charge in [-0.05, 0) is 70.0 Å². The molecule has 1 atom stereocenters. The minimum absolute atomic E-state index is 0.0138. The molecule has 1 unspecified atom stereocenters. The lowest BCUT2D eigenvalue weighted by atomic mass is 9.96. The van der Waals surface area contributed by atoms with Gasteiger partial charge < -0.3 is 9.88 Å². The van der Waals surface area contributed by atoms with E-state index in [0.717, 1.165) is 67.8 Å². The summed E-state index contributed by atoms with van der Waals surface area (Å²) in [5.41, 5.74) is 1.25. The van der Waals surface area contributed by atoms with Crippen LogP contribution in [0, 0.1) is 0 Å². The summed E-state index contributed by atoms with van der Waals surface area (Å²) in [5, 5.41) is 0.821. The SMILES string of the molecule is O=C(CN1CCCC1)N1CCCC(c2nc3sc4c(c3c(=O)[nH]2)CCCC4)C1. The minimum Gasteiger partial charge on any atom is -0.341 e. The van der Waals surface area contributed by atoms with E-state index in [9.17, 15) is 9.59 Å². The van der Waals surface area contributed by atoms with Gasteiger partial charge in [-0.1, -0.05) is 0 Å². The van der Waals surface area contributed by atoms with E-state index in [1.54, 1.807) is 11.3 Å². The average Bonchev–Trinajstić information content (AvgIpc) is 3.35. The third-order valence-electron chi connectivity index (χ3n) is 6.56. The normalized spacial score (nSPS) is 23.3. The van der Waals surface area contributed by atoms with Gasteiger partial charge in [0.25, 0.3) is 5.56 Å². The fourth-order valence-corrected chi connectivity index (χ4v) is 6.30. The number of aromatic amines is 1. The van der Waals surface area contributed by atoms with Gasteiger partial charge in [0.05, 0.1) is 11.9 Å². The van der Waals surface area contributed by atoms with Crippen molar-refractivity contribution in [1.29, 1.82) is 0 Å². The predicted octanol–water partition coefficient (Wildman–Crippen LogP) is 2.67. The molecule has 2 saturated heterocycles. The van der Waals surface area contributed by atoms with Gasteiger partial charge in [0, 0.05) is 23.9 Å². The number of thiophene rings is 1. The summed E-state index contributed by atoms with van der Waals surface area (Å²) < 4.78 is 0. The van der Waals surface area contributed by atoms with E-state index in [2.05, 4.69) is 9.88 Å². The minimum atomic E-state index is 0.0138. The van der Waals surface area contributed by atoms with Crippen LogP contribution in [0.4, 0.5) is 0 Å². The lowest BCUT2D eigenvalue weighted by Gasteiger charge is -2.33. The van der Waals surface area contributed by atoms with Crippen LogP contribution in [0.5, 0.6) is 0 Å². The van der Waals surface area contributed by atoms with E-state index in [1.807, 2.05) is 4.90 Å². The largest absolute Gasteiger partial charge is 0.341 e. The zero-order valence-corrected chi connectivity index (χ0v) is 17.2. The quantitative estimate of drug-likeness (QED) is 0.860. The molecule has 1 N–H and O–H groups in total. The van der Waals surface area contributed by atoms with Gasteiger partial charge in [0.1, 0.15) is 10.7 Å². The zero-order chi connectivity index (χ0) is 19.1. The Balaban J connectivity index is 1.37. The number of nitrogens with one attached hydrogen (secondary N) is 1. The smallest absolute Gasteiger partial charge is 0.259 e. The van der Waals surface area contributed by atoms with Gasteiger partial charge in [-0.25, -0.2) is 4.98 Å². The first-order valence-electron chi connectivity index (χ1n) is 10.7. The van der Waals surface area contributed by atoms with Crippen LogP contribution >= 0.6 is 11.3 Å². The number of likely N-dealkylation sites (tertiary alicyclic amines) is 2. The molecule has 28 heavy (non-hydrogen) atoms. The highest BCUT2D eigenvalue weighted by Crippen LogP contribution is 2.34. The fourth-order valence-electron chi connectivity index (χ4n) is 5.03. The Bertz CT molecular complexity index is 944. The molecule has 6 nitrogen and oxygen atoms in total. The van der Waals surface area contributed by atoms with Crippen molar-refractivity contribution in [2.45, 2.75) is 57.3 Å². The lowest BCUT2D eigenvalue weighted by molar-refractivity contribution is -0.133. The molecule has 5 rings (SSSR count). The fraction of sp³-hybridized carbons (Fsp3) is 0.667. The monoisotopic (exact) mass is 400 g/mol. The molecule has 0 aromatic carbocycles. The van der Waals surface area contributed by atoms with Crippen molar-refractivity contribution in [2.24, 2.45) is 0 Å². The van der Waals surface area contributed by atoms with Crippen molar-refractivity contribution in [1.82, 2.24) is 19.8 Å². The van der Waals surface area contributed by atoms with Gasteiger partial charge in [-0.2, -0.15) is 0 Å². The molecule has 1 aliphatic carbocycles. The molecule has 0 radical (unpaired) electrons. The van der Waals surface area contributed by atoms with Crippen LogP contribution in [-0.2, 0) is 17.6 Å². The summed E-state index contributed by atoms with van der Waals surface area (Å²) >= 11 is 1.70. The zero-order valence-electron chi connectivity index (χ0n) is 16.3. The van der Waals surface area contributed by atoms with Crippen LogP contribution in [-0.4, -0.2) is 58.4 Å². The van der Waals surface area contributed by atoms with Gasteiger partial charge in [0.15, 0.2) is 0 Å². The maximum absolute atomic E-state index is 12.8. The summed E-state index contributed by atoms with van der Waals surface area (Å²) in [4.78, 5) is 40.0. The first-order chi connectivity index (χ1) is 13.7. The molecule has 4 heterocycles. The Morgan fingerprint density at radius 2 is 1.93 bits per heavy atom. The second-order valence-electron chi connectivity index (χ2n) is 8.50. The van der Waals surface area contributed by atoms with Crippen LogP contribution in [0.2, 0.25) is 0 Å². The predicted molar refractivity (Wildman–Crippen MR) is 111 cm³/mol. The number of amides is 1.